The van der Waals surface area contributed by atoms with Crippen LogP contribution < -0.4 is 0 Å². The van der Waals surface area contributed by atoms with Crippen LogP contribution in [0.25, 0.3) is 0 Å². The summed E-state index contributed by atoms with van der Waals surface area (Å²) >= 11 is 0. The van der Waals surface area contributed by atoms with Gasteiger partial charge in [-0.15, -0.1) is 0 Å². The van der Waals surface area contributed by atoms with Crippen LogP contribution in [0.4, 0.5) is 0 Å². The smallest absolute Gasteiger partial charge is 0.303 e. The topological polar surface area (TPSA) is 54.4 Å². The summed E-state index contributed by atoms with van der Waals surface area (Å²) < 4.78 is 0. The lowest BCUT2D eigenvalue weighted by atomic mass is 9.60. The van der Waals surface area contributed by atoms with Crippen molar-refractivity contribution in [3.05, 3.63) is 0 Å². The van der Waals surface area contributed by atoms with Gasteiger partial charge >= 0.3 is 5.97 Å². The predicted octanol–water partition coefficient (Wildman–Crippen LogP) is 3.27. The van der Waals surface area contributed by atoms with Crippen molar-refractivity contribution >= 4 is 11.8 Å². The van der Waals surface area contributed by atoms with Crippen molar-refractivity contribution in [1.82, 2.24) is 0 Å². The molecule has 17 heavy (non-hydrogen) atoms. The van der Waals surface area contributed by atoms with E-state index in [9.17, 15) is 9.59 Å². The van der Waals surface area contributed by atoms with Gasteiger partial charge < -0.3 is 5.11 Å². The Bertz CT molecular complexity index is 296. The predicted molar refractivity (Wildman–Crippen MR) is 66.8 cm³/mol. The molecule has 0 amide bonds. The lowest BCUT2D eigenvalue weighted by Crippen LogP contribution is -2.41. The first-order valence-electron chi connectivity index (χ1n) is 6.68. The molecule has 1 saturated carbocycles. The molecule has 0 bridgehead atoms. The number of hydrogen-bond donors (Lipinski definition) is 1. The van der Waals surface area contributed by atoms with Gasteiger partial charge in [-0.2, -0.15) is 0 Å². The van der Waals surface area contributed by atoms with E-state index < -0.39 is 5.97 Å². The van der Waals surface area contributed by atoms with Crippen LogP contribution in [-0.2, 0) is 9.59 Å². The second-order valence-electron chi connectivity index (χ2n) is 5.64. The van der Waals surface area contributed by atoms with Gasteiger partial charge in [-0.3, -0.25) is 9.59 Å². The highest BCUT2D eigenvalue weighted by atomic mass is 16.4. The van der Waals surface area contributed by atoms with Crippen molar-refractivity contribution in [2.24, 2.45) is 17.3 Å². The summed E-state index contributed by atoms with van der Waals surface area (Å²) in [7, 11) is 0. The Hall–Kier alpha value is -0.860. The van der Waals surface area contributed by atoms with Crippen LogP contribution in [0.5, 0.6) is 0 Å². The normalized spacial score (nSPS) is 29.3. The molecule has 0 radical (unpaired) electrons. The van der Waals surface area contributed by atoms with E-state index >= 15 is 0 Å². The van der Waals surface area contributed by atoms with Crippen molar-refractivity contribution in [2.45, 2.75) is 59.3 Å². The quantitative estimate of drug-likeness (QED) is 0.802. The van der Waals surface area contributed by atoms with Crippen LogP contribution in [0, 0.1) is 17.3 Å². The summed E-state index contributed by atoms with van der Waals surface area (Å²) in [4.78, 5) is 23.3. The third-order valence-electron chi connectivity index (χ3n) is 4.28. The fourth-order valence-corrected chi connectivity index (χ4v) is 3.21. The minimum atomic E-state index is -0.768. The molecule has 1 aliphatic carbocycles. The first-order chi connectivity index (χ1) is 7.93. The number of aliphatic carboxylic acids is 1. The van der Waals surface area contributed by atoms with Crippen LogP contribution in [-0.4, -0.2) is 16.9 Å². The molecule has 98 valence electrons. The van der Waals surface area contributed by atoms with Gasteiger partial charge in [0.1, 0.15) is 5.78 Å². The van der Waals surface area contributed by atoms with Crippen molar-refractivity contribution in [1.29, 1.82) is 0 Å². The standard InChI is InChI=1S/C14H24O3/c1-4-14(9-12(15)16)8-6-5-7-11(14)13(17)10(2)3/h10-11H,4-9H2,1-3H3,(H,15,16). The Morgan fingerprint density at radius 2 is 2.00 bits per heavy atom. The number of carbonyl (C=O) groups is 2. The molecule has 0 aromatic heterocycles. The Labute approximate surface area is 104 Å². The fraction of sp³-hybridized carbons (Fsp3) is 0.857. The molecular formula is C14H24O3. The number of ketones is 1. The lowest BCUT2D eigenvalue weighted by Gasteiger charge is -2.42. The van der Waals surface area contributed by atoms with Gasteiger partial charge in [0.15, 0.2) is 0 Å². The third kappa shape index (κ3) is 3.08. The van der Waals surface area contributed by atoms with Gasteiger partial charge in [-0.25, -0.2) is 0 Å². The average molecular weight is 240 g/mol. The molecule has 2 atom stereocenters. The summed E-state index contributed by atoms with van der Waals surface area (Å²) in [5.74, 6) is -0.543. The number of carbonyl (C=O) groups excluding carboxylic acids is 1. The van der Waals surface area contributed by atoms with Gasteiger partial charge in [-0.05, 0) is 24.7 Å². The van der Waals surface area contributed by atoms with E-state index in [1.807, 2.05) is 20.8 Å². The molecular weight excluding hydrogens is 216 g/mol. The number of carboxylic acid groups (broad SMARTS) is 1. The summed E-state index contributed by atoms with van der Waals surface area (Å²) in [6, 6.07) is 0. The highest BCUT2D eigenvalue weighted by Gasteiger charge is 2.44. The zero-order chi connectivity index (χ0) is 13.1. The lowest BCUT2D eigenvalue weighted by molar-refractivity contribution is -0.144. The van der Waals surface area contributed by atoms with Gasteiger partial charge in [0.25, 0.3) is 0 Å². The highest BCUT2D eigenvalue weighted by Crippen LogP contribution is 2.47. The molecule has 0 heterocycles. The molecule has 0 aromatic rings. The zero-order valence-corrected chi connectivity index (χ0v) is 11.2. The Morgan fingerprint density at radius 1 is 1.35 bits per heavy atom. The van der Waals surface area contributed by atoms with Gasteiger partial charge in [-0.1, -0.05) is 33.6 Å². The summed E-state index contributed by atoms with van der Waals surface area (Å²) in [6.45, 7) is 5.85. The Morgan fingerprint density at radius 3 is 2.47 bits per heavy atom. The number of Topliss-reactive ketones (excluding diaryl/α,β-unsaturated/α-hetero) is 1. The van der Waals surface area contributed by atoms with Crippen LogP contribution in [0.1, 0.15) is 59.3 Å². The van der Waals surface area contributed by atoms with Crippen LogP contribution in [0.3, 0.4) is 0 Å². The van der Waals surface area contributed by atoms with E-state index in [0.717, 1.165) is 32.1 Å². The number of carboxylic acids is 1. The van der Waals surface area contributed by atoms with Gasteiger partial charge in [0, 0.05) is 11.8 Å². The van der Waals surface area contributed by atoms with E-state index in [4.69, 9.17) is 5.11 Å². The summed E-state index contributed by atoms with van der Waals surface area (Å²) in [5.41, 5.74) is -0.286. The molecule has 2 unspecified atom stereocenters. The molecule has 3 nitrogen and oxygen atoms in total. The molecule has 0 spiro atoms. The number of rotatable bonds is 5. The van der Waals surface area contributed by atoms with Crippen molar-refractivity contribution in [3.63, 3.8) is 0 Å². The van der Waals surface area contributed by atoms with Crippen LogP contribution in [0.2, 0.25) is 0 Å². The molecule has 0 saturated heterocycles. The molecule has 1 aliphatic rings. The maximum Gasteiger partial charge on any atom is 0.303 e. The van der Waals surface area contributed by atoms with Gasteiger partial charge in [0.2, 0.25) is 0 Å². The molecule has 3 heteroatoms. The molecule has 1 rings (SSSR count). The van der Waals surface area contributed by atoms with E-state index in [-0.39, 0.29) is 29.5 Å². The second kappa shape index (κ2) is 5.65. The van der Waals surface area contributed by atoms with E-state index in [1.54, 1.807) is 0 Å². The Kier molecular flexibility index (Phi) is 4.72. The maximum atomic E-state index is 12.3. The van der Waals surface area contributed by atoms with Crippen LogP contribution >= 0.6 is 0 Å². The van der Waals surface area contributed by atoms with Crippen molar-refractivity contribution in [2.75, 3.05) is 0 Å². The summed E-state index contributed by atoms with van der Waals surface area (Å²) in [6.07, 6.45) is 4.82. The SMILES string of the molecule is CCC1(CC(=O)O)CCCCC1C(=O)C(C)C. The monoisotopic (exact) mass is 240 g/mol. The van der Waals surface area contributed by atoms with E-state index in [0.29, 0.717) is 0 Å². The minimum absolute atomic E-state index is 0.0119. The molecule has 1 N–H and O–H groups in total. The van der Waals surface area contributed by atoms with Gasteiger partial charge in [0.05, 0.1) is 6.42 Å². The third-order valence-corrected chi connectivity index (χ3v) is 4.28. The molecule has 0 aromatic carbocycles. The molecule has 0 aliphatic heterocycles. The largest absolute Gasteiger partial charge is 0.481 e. The first kappa shape index (κ1) is 14.2. The van der Waals surface area contributed by atoms with Crippen molar-refractivity contribution in [3.8, 4) is 0 Å². The summed E-state index contributed by atoms with van der Waals surface area (Å²) in [5, 5.41) is 9.09. The second-order valence-corrected chi connectivity index (χ2v) is 5.64. The van der Waals surface area contributed by atoms with Crippen molar-refractivity contribution < 1.29 is 14.7 Å². The number of hydrogen-bond acceptors (Lipinski definition) is 2. The van der Waals surface area contributed by atoms with Crippen LogP contribution in [0.15, 0.2) is 0 Å². The van der Waals surface area contributed by atoms with E-state index in [2.05, 4.69) is 0 Å². The molecule has 1 fully saturated rings. The highest BCUT2D eigenvalue weighted by molar-refractivity contribution is 5.84. The van der Waals surface area contributed by atoms with E-state index in [1.165, 1.54) is 0 Å². The minimum Gasteiger partial charge on any atom is -0.481 e. The first-order valence-corrected chi connectivity index (χ1v) is 6.68. The average Bonchev–Trinajstić information content (AvgIpc) is 2.27. The maximum absolute atomic E-state index is 12.3. The fourth-order valence-electron chi connectivity index (χ4n) is 3.21. The zero-order valence-electron chi connectivity index (χ0n) is 11.2. The Balaban J connectivity index is 2.96.